The summed E-state index contributed by atoms with van der Waals surface area (Å²) < 4.78 is 0. The lowest BCUT2D eigenvalue weighted by Crippen LogP contribution is -2.35. The Morgan fingerprint density at radius 2 is 2.05 bits per heavy atom. The maximum Gasteiger partial charge on any atom is 0.0564 e. The minimum atomic E-state index is -0.119. The molecule has 0 spiro atoms. The standard InChI is InChI=1S/C16H21NO2/c18-11-2-1-4-14-5-3-6-15(12-14)13-17-9-7-16(19)8-10-17/h3,5-6,12,16,18-19H,2,7-11,13H2. The molecule has 0 saturated carbocycles. The lowest BCUT2D eigenvalue weighted by Gasteiger charge is -2.29. The normalized spacial score (nSPS) is 16.9. The number of aliphatic hydroxyl groups is 2. The lowest BCUT2D eigenvalue weighted by molar-refractivity contribution is 0.0792. The Morgan fingerprint density at radius 1 is 1.26 bits per heavy atom. The molecule has 1 saturated heterocycles. The fourth-order valence-corrected chi connectivity index (χ4v) is 2.30. The van der Waals surface area contributed by atoms with E-state index in [-0.39, 0.29) is 12.7 Å². The van der Waals surface area contributed by atoms with Crippen LogP contribution in [0.15, 0.2) is 24.3 Å². The van der Waals surface area contributed by atoms with Crippen LogP contribution in [0.4, 0.5) is 0 Å². The van der Waals surface area contributed by atoms with E-state index in [9.17, 15) is 5.11 Å². The van der Waals surface area contributed by atoms with Gasteiger partial charge in [-0.2, -0.15) is 0 Å². The molecule has 1 fully saturated rings. The Hall–Kier alpha value is -1.34. The molecule has 3 heteroatoms. The molecular weight excluding hydrogens is 238 g/mol. The van der Waals surface area contributed by atoms with Crippen molar-refractivity contribution in [2.75, 3.05) is 19.7 Å². The van der Waals surface area contributed by atoms with E-state index in [2.05, 4.69) is 28.9 Å². The molecule has 1 aromatic carbocycles. The Kier molecular flexibility index (Phi) is 5.41. The fourth-order valence-electron chi connectivity index (χ4n) is 2.30. The molecule has 0 bridgehead atoms. The van der Waals surface area contributed by atoms with Crippen molar-refractivity contribution < 1.29 is 10.2 Å². The van der Waals surface area contributed by atoms with E-state index in [1.54, 1.807) is 0 Å². The number of nitrogens with zero attached hydrogens (tertiary/aromatic N) is 1. The number of likely N-dealkylation sites (tertiary alicyclic amines) is 1. The molecule has 102 valence electrons. The van der Waals surface area contributed by atoms with Crippen molar-refractivity contribution in [2.24, 2.45) is 0 Å². The first kappa shape index (κ1) is 14.1. The van der Waals surface area contributed by atoms with Gasteiger partial charge in [0.15, 0.2) is 0 Å². The highest BCUT2D eigenvalue weighted by Crippen LogP contribution is 2.14. The maximum absolute atomic E-state index is 9.49. The molecule has 19 heavy (non-hydrogen) atoms. The van der Waals surface area contributed by atoms with Crippen LogP contribution in [0.2, 0.25) is 0 Å². The summed E-state index contributed by atoms with van der Waals surface area (Å²) in [6.07, 6.45) is 2.15. The largest absolute Gasteiger partial charge is 0.395 e. The summed E-state index contributed by atoms with van der Waals surface area (Å²) in [5, 5.41) is 18.2. The zero-order valence-corrected chi connectivity index (χ0v) is 11.2. The third kappa shape index (κ3) is 4.68. The predicted molar refractivity (Wildman–Crippen MR) is 75.5 cm³/mol. The zero-order valence-electron chi connectivity index (χ0n) is 11.2. The van der Waals surface area contributed by atoms with E-state index in [1.165, 1.54) is 5.56 Å². The van der Waals surface area contributed by atoms with E-state index >= 15 is 0 Å². The highest BCUT2D eigenvalue weighted by atomic mass is 16.3. The summed E-state index contributed by atoms with van der Waals surface area (Å²) in [5.41, 5.74) is 2.26. The molecule has 0 aromatic heterocycles. The first-order valence-corrected chi connectivity index (χ1v) is 6.87. The van der Waals surface area contributed by atoms with Gasteiger partial charge in [-0.05, 0) is 30.5 Å². The Bertz CT molecular complexity index is 453. The van der Waals surface area contributed by atoms with Gasteiger partial charge in [-0.15, -0.1) is 0 Å². The van der Waals surface area contributed by atoms with Crippen LogP contribution in [0.3, 0.4) is 0 Å². The highest BCUT2D eigenvalue weighted by Gasteiger charge is 2.16. The van der Waals surface area contributed by atoms with Crippen molar-refractivity contribution in [3.8, 4) is 11.8 Å². The van der Waals surface area contributed by atoms with Crippen LogP contribution < -0.4 is 0 Å². The van der Waals surface area contributed by atoms with Gasteiger partial charge in [0.1, 0.15) is 0 Å². The Labute approximate surface area is 114 Å². The van der Waals surface area contributed by atoms with Crippen LogP contribution in [-0.2, 0) is 6.54 Å². The van der Waals surface area contributed by atoms with Gasteiger partial charge in [0.25, 0.3) is 0 Å². The van der Waals surface area contributed by atoms with Crippen molar-refractivity contribution >= 4 is 0 Å². The van der Waals surface area contributed by atoms with Gasteiger partial charge >= 0.3 is 0 Å². The molecule has 1 aliphatic heterocycles. The molecular formula is C16H21NO2. The summed E-state index contributed by atoms with van der Waals surface area (Å²) in [6.45, 7) is 2.95. The molecule has 2 N–H and O–H groups in total. The minimum Gasteiger partial charge on any atom is -0.395 e. The molecule has 0 aliphatic carbocycles. The van der Waals surface area contributed by atoms with Gasteiger partial charge in [0.2, 0.25) is 0 Å². The molecule has 0 atom stereocenters. The Morgan fingerprint density at radius 3 is 2.79 bits per heavy atom. The third-order valence-corrected chi connectivity index (χ3v) is 3.36. The summed E-state index contributed by atoms with van der Waals surface area (Å²) in [7, 11) is 0. The second-order valence-corrected chi connectivity index (χ2v) is 4.98. The number of aliphatic hydroxyl groups excluding tert-OH is 2. The first-order chi connectivity index (χ1) is 9.28. The molecule has 0 unspecified atom stereocenters. The quantitative estimate of drug-likeness (QED) is 0.806. The minimum absolute atomic E-state index is 0.114. The van der Waals surface area contributed by atoms with E-state index < -0.39 is 0 Å². The molecule has 3 nitrogen and oxygen atoms in total. The average Bonchev–Trinajstić information content (AvgIpc) is 2.42. The molecule has 1 aliphatic rings. The van der Waals surface area contributed by atoms with Crippen LogP contribution in [0.1, 0.15) is 30.4 Å². The first-order valence-electron chi connectivity index (χ1n) is 6.87. The van der Waals surface area contributed by atoms with Gasteiger partial charge in [-0.25, -0.2) is 0 Å². The molecule has 1 aromatic rings. The summed E-state index contributed by atoms with van der Waals surface area (Å²) >= 11 is 0. The van der Waals surface area contributed by atoms with Crippen LogP contribution in [-0.4, -0.2) is 40.9 Å². The lowest BCUT2D eigenvalue weighted by atomic mass is 10.1. The second-order valence-electron chi connectivity index (χ2n) is 4.98. The SMILES string of the molecule is OCCC#Cc1cccc(CN2CCC(O)CC2)c1. The van der Waals surface area contributed by atoms with Gasteiger partial charge in [0.05, 0.1) is 12.7 Å². The molecule has 2 rings (SSSR count). The summed E-state index contributed by atoms with van der Waals surface area (Å²) in [4.78, 5) is 2.37. The van der Waals surface area contributed by atoms with E-state index in [4.69, 9.17) is 5.11 Å². The summed E-state index contributed by atoms with van der Waals surface area (Å²) in [6, 6.07) is 8.24. The van der Waals surface area contributed by atoms with Crippen molar-refractivity contribution in [3.63, 3.8) is 0 Å². The molecule has 1 heterocycles. The van der Waals surface area contributed by atoms with Gasteiger partial charge in [0, 0.05) is 31.6 Å². The zero-order chi connectivity index (χ0) is 13.5. The number of benzene rings is 1. The monoisotopic (exact) mass is 259 g/mol. The molecule has 0 radical (unpaired) electrons. The third-order valence-electron chi connectivity index (χ3n) is 3.36. The van der Waals surface area contributed by atoms with E-state index in [0.717, 1.165) is 38.0 Å². The van der Waals surface area contributed by atoms with Gasteiger partial charge in [-0.3, -0.25) is 4.90 Å². The van der Waals surface area contributed by atoms with Crippen molar-refractivity contribution in [1.82, 2.24) is 4.90 Å². The Balaban J connectivity index is 1.94. The van der Waals surface area contributed by atoms with E-state index in [0.29, 0.717) is 6.42 Å². The fraction of sp³-hybridized carbons (Fsp3) is 0.500. The number of piperidine rings is 1. The van der Waals surface area contributed by atoms with E-state index in [1.807, 2.05) is 12.1 Å². The topological polar surface area (TPSA) is 43.7 Å². The van der Waals surface area contributed by atoms with Crippen molar-refractivity contribution in [3.05, 3.63) is 35.4 Å². The van der Waals surface area contributed by atoms with Crippen LogP contribution in [0.5, 0.6) is 0 Å². The second kappa shape index (κ2) is 7.30. The average molecular weight is 259 g/mol. The molecule has 0 amide bonds. The highest BCUT2D eigenvalue weighted by molar-refractivity contribution is 5.37. The van der Waals surface area contributed by atoms with Crippen LogP contribution in [0.25, 0.3) is 0 Å². The number of hydrogen-bond acceptors (Lipinski definition) is 3. The number of rotatable bonds is 3. The summed E-state index contributed by atoms with van der Waals surface area (Å²) in [5.74, 6) is 6.00. The van der Waals surface area contributed by atoms with Crippen molar-refractivity contribution in [1.29, 1.82) is 0 Å². The smallest absolute Gasteiger partial charge is 0.0564 e. The van der Waals surface area contributed by atoms with Gasteiger partial charge in [-0.1, -0.05) is 24.0 Å². The maximum atomic E-state index is 9.49. The number of hydrogen-bond donors (Lipinski definition) is 2. The van der Waals surface area contributed by atoms with Crippen LogP contribution >= 0.6 is 0 Å². The van der Waals surface area contributed by atoms with Gasteiger partial charge < -0.3 is 10.2 Å². The van der Waals surface area contributed by atoms with Crippen molar-refractivity contribution in [2.45, 2.75) is 31.9 Å². The predicted octanol–water partition coefficient (Wildman–Crippen LogP) is 1.38. The van der Waals surface area contributed by atoms with Crippen LogP contribution in [0, 0.1) is 11.8 Å².